The fraction of sp³-hybridized carbons (Fsp3) is 0.250. The van der Waals surface area contributed by atoms with Crippen molar-refractivity contribution in [3.05, 3.63) is 57.8 Å². The van der Waals surface area contributed by atoms with Crippen molar-refractivity contribution >= 4 is 23.2 Å². The number of carbonyl (C=O) groups is 2. The Balaban J connectivity index is 1.86. The Labute approximate surface area is 131 Å². The second-order valence-electron chi connectivity index (χ2n) is 4.97. The van der Waals surface area contributed by atoms with Crippen molar-refractivity contribution in [2.45, 2.75) is 6.04 Å². The lowest BCUT2D eigenvalue weighted by Crippen LogP contribution is -2.43. The van der Waals surface area contributed by atoms with Crippen LogP contribution in [-0.2, 0) is 4.74 Å². The van der Waals surface area contributed by atoms with Crippen LogP contribution < -0.4 is 0 Å². The second-order valence-corrected chi connectivity index (χ2v) is 6.05. The van der Waals surface area contributed by atoms with Crippen molar-refractivity contribution in [1.29, 1.82) is 0 Å². The standard InChI is InChI=1S/C16H15NO4S/c18-15(13-6-7-14(22-13)16(19)20)17-8-9-21-10-12(17)11-4-2-1-3-5-11/h1-7,12H,8-10H2,(H,19,20)/t12-/m0/s1. The smallest absolute Gasteiger partial charge is 0.345 e. The second kappa shape index (κ2) is 6.29. The molecular weight excluding hydrogens is 302 g/mol. The largest absolute Gasteiger partial charge is 0.477 e. The lowest BCUT2D eigenvalue weighted by atomic mass is 10.0. The van der Waals surface area contributed by atoms with Gasteiger partial charge in [0, 0.05) is 6.54 Å². The first-order valence-corrected chi connectivity index (χ1v) is 7.75. The Morgan fingerprint density at radius 1 is 1.14 bits per heavy atom. The average molecular weight is 317 g/mol. The van der Waals surface area contributed by atoms with Crippen molar-refractivity contribution < 1.29 is 19.4 Å². The van der Waals surface area contributed by atoms with Crippen LogP contribution in [0, 0.1) is 0 Å². The molecule has 0 aliphatic carbocycles. The van der Waals surface area contributed by atoms with Gasteiger partial charge < -0.3 is 14.7 Å². The molecular formula is C16H15NO4S. The number of carbonyl (C=O) groups excluding carboxylic acids is 1. The molecule has 22 heavy (non-hydrogen) atoms. The molecule has 1 aliphatic heterocycles. The molecule has 1 saturated heterocycles. The number of ether oxygens (including phenoxy) is 1. The fourth-order valence-corrected chi connectivity index (χ4v) is 3.31. The Morgan fingerprint density at radius 3 is 2.55 bits per heavy atom. The molecule has 1 N–H and O–H groups in total. The van der Waals surface area contributed by atoms with Gasteiger partial charge in [0.1, 0.15) is 4.88 Å². The number of rotatable bonds is 3. The van der Waals surface area contributed by atoms with E-state index in [1.54, 1.807) is 11.0 Å². The highest BCUT2D eigenvalue weighted by Gasteiger charge is 2.30. The van der Waals surface area contributed by atoms with E-state index in [-0.39, 0.29) is 16.8 Å². The SMILES string of the molecule is O=C(O)c1ccc(C(=O)N2CCOC[C@H]2c2ccccc2)s1. The van der Waals surface area contributed by atoms with Crippen LogP contribution in [0.15, 0.2) is 42.5 Å². The Morgan fingerprint density at radius 2 is 1.86 bits per heavy atom. The molecule has 1 amide bonds. The molecule has 5 nitrogen and oxygen atoms in total. The highest BCUT2D eigenvalue weighted by Crippen LogP contribution is 2.28. The molecule has 1 aliphatic rings. The van der Waals surface area contributed by atoms with Gasteiger partial charge in [-0.3, -0.25) is 4.79 Å². The summed E-state index contributed by atoms with van der Waals surface area (Å²) >= 11 is 1.01. The summed E-state index contributed by atoms with van der Waals surface area (Å²) in [6.07, 6.45) is 0. The van der Waals surface area contributed by atoms with E-state index in [1.165, 1.54) is 6.07 Å². The molecule has 0 bridgehead atoms. The Hall–Kier alpha value is -2.18. The van der Waals surface area contributed by atoms with Gasteiger partial charge in [0.25, 0.3) is 5.91 Å². The van der Waals surface area contributed by atoms with Crippen LogP contribution in [0.1, 0.15) is 30.9 Å². The summed E-state index contributed by atoms with van der Waals surface area (Å²) in [5.41, 5.74) is 1.02. The minimum atomic E-state index is -1.01. The number of hydrogen-bond donors (Lipinski definition) is 1. The molecule has 6 heteroatoms. The van der Waals surface area contributed by atoms with Crippen molar-refractivity contribution in [1.82, 2.24) is 4.90 Å². The lowest BCUT2D eigenvalue weighted by Gasteiger charge is -2.35. The summed E-state index contributed by atoms with van der Waals surface area (Å²) < 4.78 is 5.51. The third-order valence-electron chi connectivity index (χ3n) is 3.60. The number of carboxylic acids is 1. The summed E-state index contributed by atoms with van der Waals surface area (Å²) in [7, 11) is 0. The maximum atomic E-state index is 12.7. The van der Waals surface area contributed by atoms with E-state index in [4.69, 9.17) is 9.84 Å². The zero-order valence-corrected chi connectivity index (χ0v) is 12.6. The highest BCUT2D eigenvalue weighted by atomic mass is 32.1. The van der Waals surface area contributed by atoms with Gasteiger partial charge in [0.15, 0.2) is 0 Å². The Bertz CT molecular complexity index is 682. The summed E-state index contributed by atoms with van der Waals surface area (Å²) in [4.78, 5) is 26.1. The number of carboxylic acid groups (broad SMARTS) is 1. The number of amides is 1. The van der Waals surface area contributed by atoms with Gasteiger partial charge in [-0.05, 0) is 17.7 Å². The molecule has 1 atom stereocenters. The van der Waals surface area contributed by atoms with E-state index in [1.807, 2.05) is 30.3 Å². The molecule has 2 heterocycles. The predicted octanol–water partition coefficient (Wildman–Crippen LogP) is 2.66. The first kappa shape index (κ1) is 14.7. The third kappa shape index (κ3) is 2.88. The van der Waals surface area contributed by atoms with Crippen LogP contribution in [0.5, 0.6) is 0 Å². The van der Waals surface area contributed by atoms with E-state index < -0.39 is 5.97 Å². The minimum Gasteiger partial charge on any atom is -0.477 e. The van der Waals surface area contributed by atoms with Crippen LogP contribution in [0.2, 0.25) is 0 Å². The topological polar surface area (TPSA) is 66.8 Å². The molecule has 2 aromatic rings. The monoisotopic (exact) mass is 317 g/mol. The molecule has 0 radical (unpaired) electrons. The lowest BCUT2D eigenvalue weighted by molar-refractivity contribution is -0.00243. The first-order chi connectivity index (χ1) is 10.7. The van der Waals surface area contributed by atoms with E-state index in [9.17, 15) is 9.59 Å². The predicted molar refractivity (Wildman–Crippen MR) is 82.3 cm³/mol. The quantitative estimate of drug-likeness (QED) is 0.945. The molecule has 0 unspecified atom stereocenters. The normalized spacial score (nSPS) is 18.2. The van der Waals surface area contributed by atoms with Crippen molar-refractivity contribution in [2.75, 3.05) is 19.8 Å². The molecule has 1 fully saturated rings. The minimum absolute atomic E-state index is 0.141. The zero-order valence-electron chi connectivity index (χ0n) is 11.8. The van der Waals surface area contributed by atoms with E-state index >= 15 is 0 Å². The number of nitrogens with zero attached hydrogens (tertiary/aromatic N) is 1. The van der Waals surface area contributed by atoms with Crippen molar-refractivity contribution in [3.8, 4) is 0 Å². The molecule has 0 saturated carbocycles. The molecule has 1 aromatic carbocycles. The van der Waals surface area contributed by atoms with Crippen LogP contribution in [-0.4, -0.2) is 41.6 Å². The van der Waals surface area contributed by atoms with E-state index in [0.29, 0.717) is 24.6 Å². The fourth-order valence-electron chi connectivity index (χ4n) is 2.51. The summed E-state index contributed by atoms with van der Waals surface area (Å²) in [5.74, 6) is -1.15. The van der Waals surface area contributed by atoms with Crippen molar-refractivity contribution in [2.24, 2.45) is 0 Å². The van der Waals surface area contributed by atoms with E-state index in [2.05, 4.69) is 0 Å². The van der Waals surface area contributed by atoms with Gasteiger partial charge in [-0.15, -0.1) is 11.3 Å². The maximum absolute atomic E-state index is 12.7. The van der Waals surface area contributed by atoms with Crippen LogP contribution in [0.25, 0.3) is 0 Å². The molecule has 0 spiro atoms. The molecule has 1 aromatic heterocycles. The number of thiophene rings is 1. The van der Waals surface area contributed by atoms with Gasteiger partial charge in [0.2, 0.25) is 0 Å². The van der Waals surface area contributed by atoms with Crippen LogP contribution in [0.4, 0.5) is 0 Å². The van der Waals surface area contributed by atoms with Crippen LogP contribution in [0.3, 0.4) is 0 Å². The summed E-state index contributed by atoms with van der Waals surface area (Å²) in [6, 6.07) is 12.6. The summed E-state index contributed by atoms with van der Waals surface area (Å²) in [5, 5.41) is 8.99. The number of hydrogen-bond acceptors (Lipinski definition) is 4. The van der Waals surface area contributed by atoms with Gasteiger partial charge in [-0.25, -0.2) is 4.79 Å². The summed E-state index contributed by atoms with van der Waals surface area (Å²) in [6.45, 7) is 1.44. The van der Waals surface area contributed by atoms with Crippen molar-refractivity contribution in [3.63, 3.8) is 0 Å². The first-order valence-electron chi connectivity index (χ1n) is 6.93. The number of morpholine rings is 1. The van der Waals surface area contributed by atoms with Gasteiger partial charge in [-0.1, -0.05) is 30.3 Å². The maximum Gasteiger partial charge on any atom is 0.345 e. The average Bonchev–Trinajstić information content (AvgIpc) is 3.05. The van der Waals surface area contributed by atoms with Gasteiger partial charge >= 0.3 is 5.97 Å². The number of aromatic carboxylic acids is 1. The van der Waals surface area contributed by atoms with Crippen LogP contribution >= 0.6 is 11.3 Å². The number of benzene rings is 1. The van der Waals surface area contributed by atoms with Gasteiger partial charge in [0.05, 0.1) is 24.1 Å². The van der Waals surface area contributed by atoms with Gasteiger partial charge in [-0.2, -0.15) is 0 Å². The Kier molecular flexibility index (Phi) is 4.22. The molecule has 3 rings (SSSR count). The third-order valence-corrected chi connectivity index (χ3v) is 4.66. The molecule has 114 valence electrons. The highest BCUT2D eigenvalue weighted by molar-refractivity contribution is 7.15. The zero-order chi connectivity index (χ0) is 15.5. The van der Waals surface area contributed by atoms with E-state index in [0.717, 1.165) is 16.9 Å².